The quantitative estimate of drug-likeness (QED) is 0.457. The molecule has 1 atom stereocenters. The van der Waals surface area contributed by atoms with Gasteiger partial charge in [0.05, 0.1) is 30.9 Å². The van der Waals surface area contributed by atoms with Crippen LogP contribution in [0.5, 0.6) is 5.75 Å². The summed E-state index contributed by atoms with van der Waals surface area (Å²) in [7, 11) is 0. The number of carbonyl (C=O) groups is 4. The summed E-state index contributed by atoms with van der Waals surface area (Å²) in [5.74, 6) is -1.52. The summed E-state index contributed by atoms with van der Waals surface area (Å²) in [5, 5.41) is 10.4. The Kier molecular flexibility index (Phi) is 6.98. The lowest BCUT2D eigenvalue weighted by Crippen LogP contribution is -2.50. The summed E-state index contributed by atoms with van der Waals surface area (Å²) in [4.78, 5) is 55.7. The summed E-state index contributed by atoms with van der Waals surface area (Å²) in [6.45, 7) is 5.62. The Labute approximate surface area is 208 Å². The van der Waals surface area contributed by atoms with E-state index in [4.69, 9.17) is 14.3 Å². The molecule has 0 spiro atoms. The molecule has 2 aliphatic rings. The second kappa shape index (κ2) is 9.98. The fourth-order valence-electron chi connectivity index (χ4n) is 4.07. The number of benzene rings is 2. The van der Waals surface area contributed by atoms with Gasteiger partial charge in [0.15, 0.2) is 0 Å². The summed E-state index contributed by atoms with van der Waals surface area (Å²) in [5.41, 5.74) is 1.49. The number of fused-ring (bicyclic) bond motifs is 2. The molecule has 0 unspecified atom stereocenters. The number of hydrogen-bond donors (Lipinski definition) is 1. The van der Waals surface area contributed by atoms with Crippen LogP contribution in [0.1, 0.15) is 59.0 Å². The minimum absolute atomic E-state index is 0.0846. The second-order valence-electron chi connectivity index (χ2n) is 9.58. The maximum atomic E-state index is 12.6. The fraction of sp³-hybridized carbons (Fsp3) is 0.385. The maximum Gasteiger partial charge on any atom is 0.411 e. The molecule has 2 aromatic rings. The Morgan fingerprint density at radius 2 is 1.67 bits per heavy atom. The second-order valence-corrected chi connectivity index (χ2v) is 9.58. The van der Waals surface area contributed by atoms with Crippen molar-refractivity contribution in [2.75, 3.05) is 13.2 Å². The number of aliphatic carboxylic acids is 1. The number of imide groups is 1. The molecule has 2 aromatic carbocycles. The molecule has 0 radical (unpaired) electrons. The third kappa shape index (κ3) is 5.33. The van der Waals surface area contributed by atoms with Gasteiger partial charge in [-0.25, -0.2) is 9.59 Å². The van der Waals surface area contributed by atoms with Crippen molar-refractivity contribution in [3.8, 4) is 5.75 Å². The van der Waals surface area contributed by atoms with Crippen molar-refractivity contribution >= 4 is 23.9 Å². The van der Waals surface area contributed by atoms with E-state index in [1.165, 1.54) is 4.90 Å². The summed E-state index contributed by atoms with van der Waals surface area (Å²) >= 11 is 0. The van der Waals surface area contributed by atoms with E-state index in [-0.39, 0.29) is 26.2 Å². The summed E-state index contributed by atoms with van der Waals surface area (Å²) in [6, 6.07) is 10.8. The molecule has 2 aliphatic heterocycles. The Hall–Kier alpha value is -3.92. The number of amides is 3. The van der Waals surface area contributed by atoms with E-state index in [1.54, 1.807) is 63.2 Å². The molecule has 190 valence electrons. The number of carboxylic acids is 1. The van der Waals surface area contributed by atoms with Gasteiger partial charge in [0.1, 0.15) is 17.4 Å². The minimum Gasteiger partial charge on any atom is -0.493 e. The molecule has 3 amide bonds. The van der Waals surface area contributed by atoms with Gasteiger partial charge in [-0.05, 0) is 56.2 Å². The van der Waals surface area contributed by atoms with Crippen molar-refractivity contribution in [3.05, 3.63) is 64.7 Å². The molecular formula is C26H28N2O8. The smallest absolute Gasteiger partial charge is 0.411 e. The number of carboxylic acid groups (broad SMARTS) is 1. The van der Waals surface area contributed by atoms with Crippen molar-refractivity contribution in [2.24, 2.45) is 0 Å². The SMILES string of the molecule is CC(C)(C)OC(=O)N1Cc2cc(OCCCON3C(=O)c4ccccc4C3=O)ccc2C[C@H]1C(=O)O. The van der Waals surface area contributed by atoms with Gasteiger partial charge < -0.3 is 14.6 Å². The van der Waals surface area contributed by atoms with E-state index in [2.05, 4.69) is 0 Å². The van der Waals surface area contributed by atoms with Gasteiger partial charge in [-0.3, -0.25) is 19.3 Å². The van der Waals surface area contributed by atoms with Gasteiger partial charge >= 0.3 is 12.1 Å². The molecule has 10 heteroatoms. The highest BCUT2D eigenvalue weighted by Crippen LogP contribution is 2.29. The van der Waals surface area contributed by atoms with Gasteiger partial charge in [-0.1, -0.05) is 18.2 Å². The molecule has 36 heavy (non-hydrogen) atoms. The lowest BCUT2D eigenvalue weighted by atomic mass is 9.94. The highest BCUT2D eigenvalue weighted by atomic mass is 16.7. The number of rotatable bonds is 7. The van der Waals surface area contributed by atoms with Gasteiger partial charge in [0.2, 0.25) is 0 Å². The Bertz CT molecular complexity index is 1170. The van der Waals surface area contributed by atoms with Crippen molar-refractivity contribution in [3.63, 3.8) is 0 Å². The number of hydroxylamine groups is 2. The number of hydrogen-bond acceptors (Lipinski definition) is 7. The monoisotopic (exact) mass is 496 g/mol. The molecule has 0 saturated heterocycles. The lowest BCUT2D eigenvalue weighted by molar-refractivity contribution is -0.143. The van der Waals surface area contributed by atoms with E-state index in [1.807, 2.05) is 0 Å². The van der Waals surface area contributed by atoms with Gasteiger partial charge in [0, 0.05) is 12.8 Å². The molecule has 0 bridgehead atoms. The topological polar surface area (TPSA) is 123 Å². The van der Waals surface area contributed by atoms with Gasteiger partial charge in [-0.15, -0.1) is 5.06 Å². The first-order chi connectivity index (χ1) is 17.0. The van der Waals surface area contributed by atoms with Crippen LogP contribution in [0.15, 0.2) is 42.5 Å². The van der Waals surface area contributed by atoms with Crippen LogP contribution in [0, 0.1) is 0 Å². The fourth-order valence-corrected chi connectivity index (χ4v) is 4.07. The molecule has 10 nitrogen and oxygen atoms in total. The van der Waals surface area contributed by atoms with Gasteiger partial charge in [0.25, 0.3) is 11.8 Å². The first-order valence-electron chi connectivity index (χ1n) is 11.6. The molecule has 0 saturated carbocycles. The van der Waals surface area contributed by atoms with Gasteiger partial charge in [-0.2, -0.15) is 0 Å². The highest BCUT2D eigenvalue weighted by molar-refractivity contribution is 6.20. The first-order valence-corrected chi connectivity index (χ1v) is 11.6. The van der Waals surface area contributed by atoms with Crippen LogP contribution in [0.4, 0.5) is 4.79 Å². The first kappa shape index (κ1) is 25.2. The standard InChI is InChI=1S/C26H28N2O8/c1-26(2,3)36-25(33)27-15-17-13-18(10-9-16(17)14-21(27)24(31)32)34-11-6-12-35-28-22(29)19-7-4-5-8-20(19)23(28)30/h4-5,7-10,13,21H,6,11-12,14-15H2,1-3H3,(H,31,32)/t21-/m0/s1. The van der Waals surface area contributed by atoms with Crippen molar-refractivity contribution in [2.45, 2.75) is 51.8 Å². The summed E-state index contributed by atoms with van der Waals surface area (Å²) in [6.07, 6.45) is -0.106. The van der Waals surface area contributed by atoms with Crippen LogP contribution in [0.3, 0.4) is 0 Å². The predicted octanol–water partition coefficient (Wildman–Crippen LogP) is 3.43. The average Bonchev–Trinajstić information content (AvgIpc) is 3.06. The predicted molar refractivity (Wildman–Crippen MR) is 126 cm³/mol. The number of nitrogens with zero attached hydrogens (tertiary/aromatic N) is 2. The average molecular weight is 497 g/mol. The molecule has 0 aromatic heterocycles. The van der Waals surface area contributed by atoms with Crippen LogP contribution in [0.2, 0.25) is 0 Å². The lowest BCUT2D eigenvalue weighted by Gasteiger charge is -2.35. The molecule has 4 rings (SSSR count). The van der Waals surface area contributed by atoms with Crippen molar-refractivity contribution in [1.82, 2.24) is 9.96 Å². The summed E-state index contributed by atoms with van der Waals surface area (Å²) < 4.78 is 11.2. The van der Waals surface area contributed by atoms with Crippen LogP contribution >= 0.6 is 0 Å². The maximum absolute atomic E-state index is 12.6. The Morgan fingerprint density at radius 3 is 2.28 bits per heavy atom. The van der Waals surface area contributed by atoms with Crippen LogP contribution in [-0.4, -0.2) is 63.8 Å². The zero-order valence-corrected chi connectivity index (χ0v) is 20.4. The highest BCUT2D eigenvalue weighted by Gasteiger charge is 2.38. The van der Waals surface area contributed by atoms with E-state index in [9.17, 15) is 24.3 Å². The third-order valence-electron chi connectivity index (χ3n) is 5.76. The van der Waals surface area contributed by atoms with E-state index in [0.717, 1.165) is 16.2 Å². The van der Waals surface area contributed by atoms with E-state index >= 15 is 0 Å². The molecular weight excluding hydrogens is 468 g/mol. The van der Waals surface area contributed by atoms with Crippen molar-refractivity contribution in [1.29, 1.82) is 0 Å². The number of ether oxygens (including phenoxy) is 2. The Balaban J connectivity index is 1.32. The van der Waals surface area contributed by atoms with Crippen LogP contribution in [-0.2, 0) is 27.3 Å². The van der Waals surface area contributed by atoms with Crippen LogP contribution in [0.25, 0.3) is 0 Å². The zero-order valence-electron chi connectivity index (χ0n) is 20.4. The van der Waals surface area contributed by atoms with E-state index < -0.39 is 35.5 Å². The third-order valence-corrected chi connectivity index (χ3v) is 5.76. The van der Waals surface area contributed by atoms with Crippen LogP contribution < -0.4 is 4.74 Å². The largest absolute Gasteiger partial charge is 0.493 e. The number of carbonyl (C=O) groups excluding carboxylic acids is 3. The van der Waals surface area contributed by atoms with Crippen molar-refractivity contribution < 1.29 is 38.6 Å². The minimum atomic E-state index is -1.09. The molecule has 1 N–H and O–H groups in total. The normalized spacial score (nSPS) is 17.0. The molecule has 0 aliphatic carbocycles. The Morgan fingerprint density at radius 1 is 1.00 bits per heavy atom. The van der Waals surface area contributed by atoms with E-state index in [0.29, 0.717) is 23.3 Å². The zero-order chi connectivity index (χ0) is 26.0. The molecule has 2 heterocycles. The molecule has 0 fully saturated rings.